The van der Waals surface area contributed by atoms with Crippen molar-refractivity contribution in [3.63, 3.8) is 0 Å². The molecule has 4 nitrogen and oxygen atoms in total. The van der Waals surface area contributed by atoms with Gasteiger partial charge >= 0.3 is 0 Å². The second kappa shape index (κ2) is 14.6. The lowest BCUT2D eigenvalue weighted by Gasteiger charge is -2.30. The van der Waals surface area contributed by atoms with Crippen molar-refractivity contribution < 1.29 is 14.0 Å². The first-order valence-corrected chi connectivity index (χ1v) is 26.5. The molecule has 0 spiro atoms. The van der Waals surface area contributed by atoms with Crippen molar-refractivity contribution in [3.8, 4) is 33.4 Å². The van der Waals surface area contributed by atoms with Crippen molar-refractivity contribution >= 4 is 71.6 Å². The van der Waals surface area contributed by atoms with Gasteiger partial charge in [-0.1, -0.05) is 176 Å². The molecule has 14 aromatic rings. The molecule has 0 unspecified atom stereocenters. The third-order valence-electron chi connectivity index (χ3n) is 18.0. The van der Waals surface area contributed by atoms with Gasteiger partial charge in [-0.2, -0.15) is 0 Å². The van der Waals surface area contributed by atoms with Crippen molar-refractivity contribution in [2.45, 2.75) is 23.7 Å². The summed E-state index contributed by atoms with van der Waals surface area (Å²) in [5.41, 5.74) is 23.8. The molecular formula is C72H41NO3. The van der Waals surface area contributed by atoms with Crippen molar-refractivity contribution in [2.24, 2.45) is 0 Å². The molecule has 0 N–H and O–H groups in total. The van der Waals surface area contributed by atoms with Crippen LogP contribution in [0.3, 0.4) is 0 Å². The van der Waals surface area contributed by atoms with E-state index in [1.165, 1.54) is 22.3 Å². The summed E-state index contributed by atoms with van der Waals surface area (Å²) >= 11 is 0. The smallest absolute Gasteiger partial charge is 0.175 e. The topological polar surface area (TPSA) is 51.7 Å². The predicted molar refractivity (Wildman–Crippen MR) is 305 cm³/mol. The van der Waals surface area contributed by atoms with Gasteiger partial charge in [-0.25, -0.2) is 0 Å². The maximum atomic E-state index is 15.6. The Balaban J connectivity index is 1.02. The van der Waals surface area contributed by atoms with Crippen molar-refractivity contribution in [3.05, 3.63) is 291 Å². The number of benzene rings is 11. The first-order valence-electron chi connectivity index (χ1n) is 26.5. The van der Waals surface area contributed by atoms with E-state index in [9.17, 15) is 0 Å². The van der Waals surface area contributed by atoms with E-state index in [0.29, 0.717) is 0 Å². The summed E-state index contributed by atoms with van der Waals surface area (Å²) in [6.07, 6.45) is 0. The van der Waals surface area contributed by atoms with Crippen LogP contribution in [0.4, 0.5) is 0 Å². The summed E-state index contributed by atoms with van der Waals surface area (Å²) in [5, 5.41) is 6.47. The molecule has 6 aliphatic rings. The number of hydrogen-bond donors (Lipinski definition) is 0. The van der Waals surface area contributed by atoms with Gasteiger partial charge in [-0.15, -0.1) is 0 Å². The van der Waals surface area contributed by atoms with Gasteiger partial charge in [0.25, 0.3) is 0 Å². The number of rotatable bonds is 3. The van der Waals surface area contributed by atoms with E-state index in [-0.39, 0.29) is 23.4 Å². The molecule has 0 fully saturated rings. The molecule has 352 valence electrons. The lowest BCUT2D eigenvalue weighted by Crippen LogP contribution is -2.19. The number of aromatic nitrogens is 1. The van der Waals surface area contributed by atoms with Crippen LogP contribution in [0, 0.1) is 0 Å². The first kappa shape index (κ1) is 40.8. The van der Waals surface area contributed by atoms with Crippen LogP contribution >= 0.6 is 0 Å². The van der Waals surface area contributed by atoms with Gasteiger partial charge in [-0.05, 0) is 126 Å². The fourth-order valence-corrected chi connectivity index (χ4v) is 15.0. The lowest BCUT2D eigenvalue weighted by molar-refractivity contribution is 0.0966. The summed E-state index contributed by atoms with van der Waals surface area (Å²) < 4.78 is 9.42. The molecule has 0 saturated carbocycles. The van der Waals surface area contributed by atoms with E-state index >= 15 is 9.59 Å². The quantitative estimate of drug-likeness (QED) is 0.177. The highest BCUT2D eigenvalue weighted by Gasteiger charge is 2.45. The Labute approximate surface area is 436 Å². The number of hydrogen-bond acceptors (Lipinski definition) is 3. The van der Waals surface area contributed by atoms with E-state index < -0.39 is 11.8 Å². The summed E-state index contributed by atoms with van der Waals surface area (Å²) in [6, 6.07) is 80.4. The molecule has 0 radical (unpaired) electrons. The second-order valence-corrected chi connectivity index (χ2v) is 21.5. The number of Topliss-reactive ketones (excluding diaryl/α,β-unsaturated/α-hetero) is 2. The SMILES string of the molecule is O=C1c2cc3c(cc2C2c4ccccc4C1c1ccccc12)c1cc(-c2c(-c4ccccc4)cc4c(oc5ccccc54)c2-c2ccccc2)cc2c4cc5c(cc4n3c12)C(=O)C1c2ccccc2C5c2ccccc21. The first-order chi connectivity index (χ1) is 37.6. The Bertz CT molecular complexity index is 4640. The van der Waals surface area contributed by atoms with Gasteiger partial charge in [0, 0.05) is 66.4 Å². The van der Waals surface area contributed by atoms with Gasteiger partial charge in [0.15, 0.2) is 11.6 Å². The standard InChI is InChI=1S/C72H41NO3/c74-70-57-36-60-51(34-53(57)65-42-22-7-11-26-46(42)67(70)47-27-12-8-23-43(47)65)55-31-40(63-50(38-17-3-1-4-18-38)33-59-41-21-15-16-30-62(41)76-72(59)64(63)39-19-5-2-6-20-39)32-56-52-35-54-58(37-61(52)73(60)69(55)56)71(75)68-48-28-13-9-24-44(48)66(54)45-25-10-14-29-49(45)68/h1-37,65-68H. The minimum atomic E-state index is -0.409. The zero-order valence-electron chi connectivity index (χ0n) is 40.8. The van der Waals surface area contributed by atoms with Crippen LogP contribution in [-0.2, 0) is 0 Å². The number of furan rings is 1. The predicted octanol–water partition coefficient (Wildman–Crippen LogP) is 17.4. The molecule has 0 amide bonds. The van der Waals surface area contributed by atoms with Crippen LogP contribution in [0.25, 0.3) is 93.4 Å². The van der Waals surface area contributed by atoms with Crippen molar-refractivity contribution in [2.75, 3.05) is 0 Å². The average molecular weight is 968 g/mol. The van der Waals surface area contributed by atoms with E-state index in [1.54, 1.807) is 0 Å². The van der Waals surface area contributed by atoms with Crippen molar-refractivity contribution in [1.29, 1.82) is 0 Å². The summed E-state index contributed by atoms with van der Waals surface area (Å²) in [4.78, 5) is 31.2. The van der Waals surface area contributed by atoms with E-state index in [2.05, 4.69) is 223 Å². The van der Waals surface area contributed by atoms with Crippen LogP contribution in [-0.4, -0.2) is 16.0 Å². The molecule has 0 atom stereocenters. The molecule has 4 bridgehead atoms. The van der Waals surface area contributed by atoms with Gasteiger partial charge in [0.2, 0.25) is 0 Å². The fraction of sp³-hybridized carbons (Fsp3) is 0.0556. The summed E-state index contributed by atoms with van der Waals surface area (Å²) in [6.45, 7) is 0. The summed E-state index contributed by atoms with van der Waals surface area (Å²) in [7, 11) is 0. The molecule has 4 heteroatoms. The maximum absolute atomic E-state index is 15.6. The number of ketones is 2. The van der Waals surface area contributed by atoms with Crippen molar-refractivity contribution in [1.82, 2.24) is 4.40 Å². The minimum absolute atomic E-state index is 0.122. The highest BCUT2D eigenvalue weighted by atomic mass is 16.3. The van der Waals surface area contributed by atoms with Gasteiger partial charge in [-0.3, -0.25) is 9.59 Å². The van der Waals surface area contributed by atoms with Crippen LogP contribution in [0.2, 0.25) is 0 Å². The zero-order valence-corrected chi connectivity index (χ0v) is 40.8. The highest BCUT2D eigenvalue weighted by Crippen LogP contribution is 2.57. The van der Waals surface area contributed by atoms with Crippen LogP contribution in [0.1, 0.15) is 100 Å². The normalized spacial score (nSPS) is 17.8. The van der Waals surface area contributed by atoms with E-state index in [1.807, 2.05) is 6.07 Å². The molecule has 3 aromatic heterocycles. The third-order valence-corrected chi connectivity index (χ3v) is 18.0. The molecule has 3 heterocycles. The number of carbonyl (C=O) groups excluding carboxylic acids is 2. The van der Waals surface area contributed by atoms with Crippen LogP contribution in [0.5, 0.6) is 0 Å². The molecular weight excluding hydrogens is 927 g/mol. The number of nitrogens with zero attached hydrogens (tertiary/aromatic N) is 1. The Kier molecular flexibility index (Phi) is 7.82. The average Bonchev–Trinajstić information content (AvgIpc) is 4.12. The Hall–Kier alpha value is -9.64. The number of carbonyl (C=O) groups is 2. The fourth-order valence-electron chi connectivity index (χ4n) is 15.0. The van der Waals surface area contributed by atoms with Gasteiger partial charge in [0.1, 0.15) is 11.2 Å². The Morgan fingerprint density at radius 3 is 1.21 bits per heavy atom. The minimum Gasteiger partial charge on any atom is -0.455 e. The molecule has 11 aromatic carbocycles. The highest BCUT2D eigenvalue weighted by molar-refractivity contribution is 6.28. The molecule has 6 aliphatic carbocycles. The Morgan fingerprint density at radius 1 is 0.303 bits per heavy atom. The van der Waals surface area contributed by atoms with Gasteiger partial charge in [0.05, 0.1) is 28.4 Å². The van der Waals surface area contributed by atoms with E-state index in [0.717, 1.165) is 138 Å². The summed E-state index contributed by atoms with van der Waals surface area (Å²) in [5.74, 6) is -0.819. The van der Waals surface area contributed by atoms with Crippen LogP contribution < -0.4 is 0 Å². The molecule has 0 saturated heterocycles. The molecule has 0 aliphatic heterocycles. The lowest BCUT2D eigenvalue weighted by atomic mass is 9.72. The van der Waals surface area contributed by atoms with E-state index in [4.69, 9.17) is 4.42 Å². The largest absolute Gasteiger partial charge is 0.455 e. The number of para-hydroxylation sites is 1. The monoisotopic (exact) mass is 967 g/mol. The number of fused-ring (bicyclic) bond motifs is 9. The molecule has 20 rings (SSSR count). The van der Waals surface area contributed by atoms with Crippen LogP contribution in [0.15, 0.2) is 229 Å². The third kappa shape index (κ3) is 5.09. The Morgan fingerprint density at radius 2 is 0.724 bits per heavy atom. The van der Waals surface area contributed by atoms with Gasteiger partial charge < -0.3 is 8.82 Å². The maximum Gasteiger partial charge on any atom is 0.175 e. The second-order valence-electron chi connectivity index (χ2n) is 21.5. The zero-order chi connectivity index (χ0) is 49.7. The molecule has 76 heavy (non-hydrogen) atoms.